The summed E-state index contributed by atoms with van der Waals surface area (Å²) in [6, 6.07) is 20.6. The molecule has 1 atom stereocenters. The van der Waals surface area contributed by atoms with Crippen LogP contribution in [-0.4, -0.2) is 43.8 Å². The second kappa shape index (κ2) is 13.1. The van der Waals surface area contributed by atoms with Crippen LogP contribution in [-0.2, 0) is 26.2 Å². The Morgan fingerprint density at radius 1 is 0.825 bits per heavy atom. The van der Waals surface area contributed by atoms with Crippen molar-refractivity contribution >= 4 is 27.5 Å². The van der Waals surface area contributed by atoms with E-state index in [0.29, 0.717) is 5.69 Å². The number of rotatable bonds is 11. The fourth-order valence-corrected chi connectivity index (χ4v) is 5.80. The summed E-state index contributed by atoms with van der Waals surface area (Å²) in [5, 5.41) is 2.87. The van der Waals surface area contributed by atoms with Crippen molar-refractivity contribution in [2.75, 3.05) is 10.8 Å². The third-order valence-electron chi connectivity index (χ3n) is 6.77. The molecule has 0 heterocycles. The van der Waals surface area contributed by atoms with Crippen molar-refractivity contribution in [2.45, 2.75) is 77.9 Å². The zero-order valence-electron chi connectivity index (χ0n) is 24.5. The van der Waals surface area contributed by atoms with Gasteiger partial charge in [-0.2, -0.15) is 0 Å². The fourth-order valence-electron chi connectivity index (χ4n) is 4.39. The highest BCUT2D eigenvalue weighted by atomic mass is 32.2. The van der Waals surface area contributed by atoms with Crippen LogP contribution >= 0.6 is 0 Å². The van der Waals surface area contributed by atoms with Gasteiger partial charge in [0.25, 0.3) is 10.0 Å². The van der Waals surface area contributed by atoms with E-state index >= 15 is 0 Å². The first kappa shape index (κ1) is 30.9. The van der Waals surface area contributed by atoms with Crippen molar-refractivity contribution < 1.29 is 18.0 Å². The Balaban J connectivity index is 2.05. The zero-order chi connectivity index (χ0) is 29.6. The first-order chi connectivity index (χ1) is 18.8. The van der Waals surface area contributed by atoms with Crippen LogP contribution in [0.25, 0.3) is 0 Å². The number of anilines is 1. The number of sulfonamides is 1. The van der Waals surface area contributed by atoms with Gasteiger partial charge in [0.05, 0.1) is 10.6 Å². The maximum atomic E-state index is 14.0. The van der Waals surface area contributed by atoms with Gasteiger partial charge in [-0.25, -0.2) is 8.42 Å². The van der Waals surface area contributed by atoms with E-state index in [9.17, 15) is 18.0 Å². The topological polar surface area (TPSA) is 86.8 Å². The van der Waals surface area contributed by atoms with E-state index < -0.39 is 28.5 Å². The Bertz CT molecular complexity index is 1420. The molecule has 3 aromatic carbocycles. The molecule has 3 rings (SSSR count). The predicted molar refractivity (Wildman–Crippen MR) is 161 cm³/mol. The lowest BCUT2D eigenvalue weighted by Gasteiger charge is -2.32. The van der Waals surface area contributed by atoms with Crippen LogP contribution in [0.4, 0.5) is 5.69 Å². The van der Waals surface area contributed by atoms with Crippen LogP contribution in [0.1, 0.15) is 62.8 Å². The van der Waals surface area contributed by atoms with Gasteiger partial charge in [0.1, 0.15) is 12.6 Å². The average molecular weight is 564 g/mol. The largest absolute Gasteiger partial charge is 0.352 e. The molecule has 0 aliphatic heterocycles. The summed E-state index contributed by atoms with van der Waals surface area (Å²) >= 11 is 0. The van der Waals surface area contributed by atoms with E-state index in [4.69, 9.17) is 0 Å². The lowest BCUT2D eigenvalue weighted by molar-refractivity contribution is -0.139. The van der Waals surface area contributed by atoms with Crippen LogP contribution in [0.2, 0.25) is 0 Å². The smallest absolute Gasteiger partial charge is 0.264 e. The number of benzene rings is 3. The molecule has 7 nitrogen and oxygen atoms in total. The van der Waals surface area contributed by atoms with E-state index in [2.05, 4.69) is 19.2 Å². The summed E-state index contributed by atoms with van der Waals surface area (Å²) in [5.41, 5.74) is 4.25. The highest BCUT2D eigenvalue weighted by molar-refractivity contribution is 7.92. The van der Waals surface area contributed by atoms with Crippen LogP contribution < -0.4 is 9.62 Å². The Hall–Kier alpha value is -3.65. The zero-order valence-corrected chi connectivity index (χ0v) is 25.3. The van der Waals surface area contributed by atoms with Gasteiger partial charge >= 0.3 is 0 Å². The van der Waals surface area contributed by atoms with Gasteiger partial charge in [-0.05, 0) is 75.9 Å². The quantitative estimate of drug-likeness (QED) is 0.331. The molecular formula is C32H41N3O4S. The number of hydrogen-bond acceptors (Lipinski definition) is 4. The molecule has 0 aliphatic carbocycles. The lowest BCUT2D eigenvalue weighted by atomic mass is 10.0. The van der Waals surface area contributed by atoms with Crippen molar-refractivity contribution in [1.82, 2.24) is 10.2 Å². The molecule has 1 N–H and O–H groups in total. The molecule has 0 saturated carbocycles. The van der Waals surface area contributed by atoms with Crippen LogP contribution in [0.15, 0.2) is 77.7 Å². The number of amides is 2. The minimum Gasteiger partial charge on any atom is -0.352 e. The van der Waals surface area contributed by atoms with E-state index in [-0.39, 0.29) is 29.3 Å². The molecule has 0 fully saturated rings. The van der Waals surface area contributed by atoms with Crippen molar-refractivity contribution in [3.63, 3.8) is 0 Å². The molecule has 214 valence electrons. The summed E-state index contributed by atoms with van der Waals surface area (Å²) in [7, 11) is -4.09. The predicted octanol–water partition coefficient (Wildman–Crippen LogP) is 5.56. The SMILES string of the molecule is Cc1ccc(S(=O)(=O)N(CC(=O)N(Cc2cccc(C)c2)[C@H](C)C(=O)NC(C)C)c2ccc(C(C)C)cc2)cc1. The van der Waals surface area contributed by atoms with Gasteiger partial charge < -0.3 is 10.2 Å². The molecule has 0 aromatic heterocycles. The Kier molecular flexibility index (Phi) is 10.1. The maximum Gasteiger partial charge on any atom is 0.264 e. The summed E-state index contributed by atoms with van der Waals surface area (Å²) < 4.78 is 29.0. The van der Waals surface area contributed by atoms with Crippen LogP contribution in [0.5, 0.6) is 0 Å². The second-order valence-electron chi connectivity index (χ2n) is 10.9. The van der Waals surface area contributed by atoms with Crippen LogP contribution in [0, 0.1) is 13.8 Å². The Morgan fingerprint density at radius 2 is 1.45 bits per heavy atom. The number of aryl methyl sites for hydroxylation is 2. The molecule has 0 spiro atoms. The van der Waals surface area contributed by atoms with E-state index in [1.807, 2.05) is 64.1 Å². The molecule has 2 amide bonds. The number of nitrogens with one attached hydrogen (secondary N) is 1. The first-order valence-corrected chi connectivity index (χ1v) is 15.1. The molecule has 0 aliphatic rings. The number of carbonyl (C=O) groups is 2. The normalized spacial score (nSPS) is 12.3. The van der Waals surface area contributed by atoms with Crippen molar-refractivity contribution in [3.05, 3.63) is 95.1 Å². The van der Waals surface area contributed by atoms with E-state index in [1.165, 1.54) is 4.90 Å². The fraction of sp³-hybridized carbons (Fsp3) is 0.375. The molecule has 8 heteroatoms. The van der Waals surface area contributed by atoms with E-state index in [0.717, 1.165) is 26.6 Å². The molecular weight excluding hydrogens is 522 g/mol. The Morgan fingerprint density at radius 3 is 2.00 bits per heavy atom. The molecule has 0 radical (unpaired) electrons. The number of nitrogens with zero attached hydrogens (tertiary/aromatic N) is 2. The Labute approximate surface area is 239 Å². The number of hydrogen-bond donors (Lipinski definition) is 1. The molecule has 3 aromatic rings. The van der Waals surface area contributed by atoms with Gasteiger partial charge in [-0.15, -0.1) is 0 Å². The minimum atomic E-state index is -4.09. The summed E-state index contributed by atoms with van der Waals surface area (Å²) in [4.78, 5) is 28.6. The van der Waals surface area contributed by atoms with Gasteiger partial charge in [0.15, 0.2) is 0 Å². The monoisotopic (exact) mass is 563 g/mol. The van der Waals surface area contributed by atoms with E-state index in [1.54, 1.807) is 43.3 Å². The molecule has 0 saturated heterocycles. The van der Waals surface area contributed by atoms with Gasteiger partial charge in [-0.1, -0.05) is 73.5 Å². The second-order valence-corrected chi connectivity index (χ2v) is 12.8. The van der Waals surface area contributed by atoms with Gasteiger partial charge in [0, 0.05) is 12.6 Å². The average Bonchev–Trinajstić information content (AvgIpc) is 2.89. The summed E-state index contributed by atoms with van der Waals surface area (Å²) in [6.45, 7) is 13.1. The molecule has 0 bridgehead atoms. The van der Waals surface area contributed by atoms with Crippen molar-refractivity contribution in [2.24, 2.45) is 0 Å². The van der Waals surface area contributed by atoms with Crippen molar-refractivity contribution in [3.8, 4) is 0 Å². The third-order valence-corrected chi connectivity index (χ3v) is 8.56. The minimum absolute atomic E-state index is 0.0923. The van der Waals surface area contributed by atoms with Gasteiger partial charge in [-0.3, -0.25) is 13.9 Å². The van der Waals surface area contributed by atoms with Crippen molar-refractivity contribution in [1.29, 1.82) is 0 Å². The van der Waals surface area contributed by atoms with Crippen LogP contribution in [0.3, 0.4) is 0 Å². The molecule has 40 heavy (non-hydrogen) atoms. The first-order valence-electron chi connectivity index (χ1n) is 13.6. The molecule has 0 unspecified atom stereocenters. The third kappa shape index (κ3) is 7.72. The number of carbonyl (C=O) groups excluding carboxylic acids is 2. The van der Waals surface area contributed by atoms with Gasteiger partial charge in [0.2, 0.25) is 11.8 Å². The highest BCUT2D eigenvalue weighted by Crippen LogP contribution is 2.27. The highest BCUT2D eigenvalue weighted by Gasteiger charge is 2.32. The summed E-state index contributed by atoms with van der Waals surface area (Å²) in [5.74, 6) is -0.509. The maximum absolute atomic E-state index is 14.0. The lowest BCUT2D eigenvalue weighted by Crippen LogP contribution is -2.52. The summed E-state index contributed by atoms with van der Waals surface area (Å²) in [6.07, 6.45) is 0. The standard InChI is InChI=1S/C32H41N3O4S/c1-22(2)28-13-15-29(16-14-28)35(40(38,39)30-17-11-24(5)12-18-30)21-31(36)34(26(7)32(37)33-23(3)4)20-27-10-8-9-25(6)19-27/h8-19,22-23,26H,20-21H2,1-7H3,(H,33,37)/t26-/m1/s1.